The molecule has 0 saturated heterocycles. The van der Waals surface area contributed by atoms with E-state index in [0.717, 1.165) is 11.5 Å². The molecule has 2 rings (SSSR count). The van der Waals surface area contributed by atoms with Crippen LogP contribution in [0.3, 0.4) is 0 Å². The topological polar surface area (TPSA) is 76.0 Å². The summed E-state index contributed by atoms with van der Waals surface area (Å²) in [6, 6.07) is 5.03. The Morgan fingerprint density at radius 1 is 1.42 bits per heavy atom. The molecular formula is C13H9BrN2O3. The van der Waals surface area contributed by atoms with E-state index in [1.54, 1.807) is 18.2 Å². The summed E-state index contributed by atoms with van der Waals surface area (Å²) in [5.74, 6) is 5.84. The van der Waals surface area contributed by atoms with Gasteiger partial charge in [0.25, 0.3) is 5.43 Å². The van der Waals surface area contributed by atoms with Crippen LogP contribution >= 0.6 is 15.9 Å². The predicted molar refractivity (Wildman–Crippen MR) is 76.5 cm³/mol. The van der Waals surface area contributed by atoms with Crippen LogP contribution in [0.2, 0.25) is 0 Å². The highest BCUT2D eigenvalue weighted by molar-refractivity contribution is 9.09. The maximum absolute atomic E-state index is 11.9. The third-order valence-corrected chi connectivity index (χ3v) is 2.91. The van der Waals surface area contributed by atoms with E-state index in [1.165, 1.54) is 0 Å². The number of rotatable bonds is 2. The molecule has 5 nitrogen and oxygen atoms in total. The van der Waals surface area contributed by atoms with Crippen molar-refractivity contribution in [3.8, 4) is 11.8 Å². The van der Waals surface area contributed by atoms with Crippen LogP contribution in [0, 0.1) is 22.0 Å². The fourth-order valence-electron chi connectivity index (χ4n) is 1.63. The zero-order chi connectivity index (χ0) is 13.8. The van der Waals surface area contributed by atoms with Crippen molar-refractivity contribution in [1.82, 2.24) is 4.98 Å². The molecule has 6 heteroatoms. The Balaban J connectivity index is 2.58. The van der Waals surface area contributed by atoms with Gasteiger partial charge < -0.3 is 4.98 Å². The Labute approximate surface area is 116 Å². The van der Waals surface area contributed by atoms with Crippen molar-refractivity contribution in [2.75, 3.05) is 5.33 Å². The molecule has 0 bridgehead atoms. The smallest absolute Gasteiger partial charge is 0.332 e. The van der Waals surface area contributed by atoms with Gasteiger partial charge in [-0.2, -0.15) is 0 Å². The van der Waals surface area contributed by atoms with Crippen LogP contribution < -0.4 is 5.43 Å². The van der Waals surface area contributed by atoms with Crippen molar-refractivity contribution in [1.29, 1.82) is 0 Å². The molecule has 0 atom stereocenters. The van der Waals surface area contributed by atoms with E-state index in [9.17, 15) is 14.9 Å². The number of hydrogen-bond donors (Lipinski definition) is 1. The molecular weight excluding hydrogens is 312 g/mol. The predicted octanol–water partition coefficient (Wildman–Crippen LogP) is 2.57. The Hall–Kier alpha value is -2.13. The number of aromatic amines is 1. The first-order valence-electron chi connectivity index (χ1n) is 5.48. The van der Waals surface area contributed by atoms with Gasteiger partial charge in [0.05, 0.1) is 16.5 Å². The minimum Gasteiger partial charge on any atom is -0.355 e. The molecule has 96 valence electrons. The summed E-state index contributed by atoms with van der Waals surface area (Å²) >= 11 is 3.27. The number of aromatic nitrogens is 1. The number of fused-ring (bicyclic) bond motifs is 1. The number of nitrogens with zero attached hydrogens (tertiary/aromatic N) is 1. The third kappa shape index (κ3) is 2.83. The van der Waals surface area contributed by atoms with Crippen LogP contribution in [0.1, 0.15) is 12.0 Å². The van der Waals surface area contributed by atoms with E-state index in [-0.39, 0.29) is 5.39 Å². The fraction of sp³-hybridized carbons (Fsp3) is 0.154. The van der Waals surface area contributed by atoms with Gasteiger partial charge in [0.15, 0.2) is 0 Å². The molecule has 1 aromatic heterocycles. The van der Waals surface area contributed by atoms with Crippen molar-refractivity contribution >= 4 is 32.5 Å². The highest BCUT2D eigenvalue weighted by Gasteiger charge is 2.14. The number of benzene rings is 1. The lowest BCUT2D eigenvalue weighted by atomic mass is 10.1. The van der Waals surface area contributed by atoms with E-state index < -0.39 is 16.0 Å². The lowest BCUT2D eigenvalue weighted by molar-refractivity contribution is -0.386. The van der Waals surface area contributed by atoms with Crippen LogP contribution in [0.25, 0.3) is 10.9 Å². The van der Waals surface area contributed by atoms with E-state index in [0.29, 0.717) is 17.5 Å². The van der Waals surface area contributed by atoms with Crippen molar-refractivity contribution in [3.05, 3.63) is 50.3 Å². The Kier molecular flexibility index (Phi) is 3.97. The Bertz CT molecular complexity index is 756. The fourth-order valence-corrected chi connectivity index (χ4v) is 1.83. The average Bonchev–Trinajstić information content (AvgIpc) is 2.39. The molecule has 0 aliphatic carbocycles. The second kappa shape index (κ2) is 5.67. The highest BCUT2D eigenvalue weighted by atomic mass is 79.9. The van der Waals surface area contributed by atoms with Gasteiger partial charge in [-0.3, -0.25) is 14.9 Å². The third-order valence-electron chi connectivity index (χ3n) is 2.51. The summed E-state index contributed by atoms with van der Waals surface area (Å²) in [5.41, 5.74) is 0.169. The monoisotopic (exact) mass is 320 g/mol. The number of nitro groups is 1. The molecule has 1 N–H and O–H groups in total. The van der Waals surface area contributed by atoms with E-state index in [4.69, 9.17) is 0 Å². The molecule has 0 amide bonds. The lowest BCUT2D eigenvalue weighted by Crippen LogP contribution is -2.09. The van der Waals surface area contributed by atoms with Gasteiger partial charge in [-0.15, -0.1) is 0 Å². The largest absolute Gasteiger partial charge is 0.355 e. The van der Waals surface area contributed by atoms with Crippen molar-refractivity contribution in [2.24, 2.45) is 0 Å². The minimum absolute atomic E-state index is 0.278. The number of hydrogen-bond acceptors (Lipinski definition) is 3. The maximum atomic E-state index is 11.9. The molecule has 1 aromatic carbocycles. The molecule has 0 unspecified atom stereocenters. The lowest BCUT2D eigenvalue weighted by Gasteiger charge is -1.98. The number of nitrogens with one attached hydrogen (secondary N) is 1. The summed E-state index contributed by atoms with van der Waals surface area (Å²) < 4.78 is 0. The number of alkyl halides is 1. The number of halogens is 1. The Morgan fingerprint density at radius 2 is 2.21 bits per heavy atom. The maximum Gasteiger partial charge on any atom is 0.332 e. The second-order valence-corrected chi connectivity index (χ2v) is 4.55. The molecule has 2 aromatic rings. The standard InChI is InChI=1S/C13H9BrN2O3/c14-6-2-1-3-9-4-5-11-10(7-9)13(17)12(8-15-11)16(18)19/h4-5,7-8H,2,6H2,(H,15,17). The van der Waals surface area contributed by atoms with Crippen LogP contribution in [-0.2, 0) is 0 Å². The summed E-state index contributed by atoms with van der Waals surface area (Å²) in [7, 11) is 0. The number of pyridine rings is 1. The zero-order valence-corrected chi connectivity index (χ0v) is 11.4. The van der Waals surface area contributed by atoms with E-state index in [1.807, 2.05) is 0 Å². The van der Waals surface area contributed by atoms with Gasteiger partial charge in [0, 0.05) is 22.8 Å². The van der Waals surface area contributed by atoms with Crippen LogP contribution in [0.15, 0.2) is 29.2 Å². The molecule has 0 saturated carbocycles. The molecule has 0 fully saturated rings. The Morgan fingerprint density at radius 3 is 2.89 bits per heavy atom. The van der Waals surface area contributed by atoms with Gasteiger partial charge in [0.1, 0.15) is 0 Å². The molecule has 0 radical (unpaired) electrons. The summed E-state index contributed by atoms with van der Waals surface area (Å²) in [6.07, 6.45) is 1.81. The minimum atomic E-state index is -0.693. The van der Waals surface area contributed by atoms with Gasteiger partial charge in [-0.1, -0.05) is 27.8 Å². The number of H-pyrrole nitrogens is 1. The van der Waals surface area contributed by atoms with Crippen molar-refractivity contribution in [3.63, 3.8) is 0 Å². The highest BCUT2D eigenvalue weighted by Crippen LogP contribution is 2.13. The van der Waals surface area contributed by atoms with Crippen molar-refractivity contribution < 1.29 is 4.92 Å². The second-order valence-electron chi connectivity index (χ2n) is 3.76. The first-order chi connectivity index (χ1) is 9.13. The van der Waals surface area contributed by atoms with Crippen LogP contribution in [0.5, 0.6) is 0 Å². The van der Waals surface area contributed by atoms with Crippen LogP contribution in [-0.4, -0.2) is 15.2 Å². The van der Waals surface area contributed by atoms with Gasteiger partial charge in [-0.25, -0.2) is 0 Å². The molecule has 19 heavy (non-hydrogen) atoms. The quantitative estimate of drug-likeness (QED) is 0.400. The summed E-state index contributed by atoms with van der Waals surface area (Å²) in [4.78, 5) is 24.7. The SMILES string of the molecule is O=c1c([N+](=O)[O-])c[nH]c2ccc(C#CCCBr)cc12. The molecule has 0 spiro atoms. The van der Waals surface area contributed by atoms with Gasteiger partial charge >= 0.3 is 5.69 Å². The molecule has 1 heterocycles. The van der Waals surface area contributed by atoms with Crippen molar-refractivity contribution in [2.45, 2.75) is 6.42 Å². The normalized spacial score (nSPS) is 9.95. The molecule has 0 aliphatic rings. The van der Waals surface area contributed by atoms with E-state index >= 15 is 0 Å². The zero-order valence-electron chi connectivity index (χ0n) is 9.77. The summed E-state index contributed by atoms with van der Waals surface area (Å²) in [6.45, 7) is 0. The average molecular weight is 321 g/mol. The first kappa shape index (κ1) is 13.3. The molecule has 0 aliphatic heterocycles. The van der Waals surface area contributed by atoms with Crippen LogP contribution in [0.4, 0.5) is 5.69 Å². The van der Waals surface area contributed by atoms with Gasteiger partial charge in [0.2, 0.25) is 0 Å². The summed E-state index contributed by atoms with van der Waals surface area (Å²) in [5, 5.41) is 11.8. The van der Waals surface area contributed by atoms with Gasteiger partial charge in [-0.05, 0) is 18.2 Å². The first-order valence-corrected chi connectivity index (χ1v) is 6.60. The van der Waals surface area contributed by atoms with E-state index in [2.05, 4.69) is 32.8 Å².